The van der Waals surface area contributed by atoms with E-state index < -0.39 is 30.1 Å². The highest BCUT2D eigenvalue weighted by molar-refractivity contribution is 9.10. The molecule has 1 aliphatic heterocycles. The van der Waals surface area contributed by atoms with Gasteiger partial charge in [0.05, 0.1) is 16.8 Å². The molecule has 0 bridgehead atoms. The lowest BCUT2D eigenvalue weighted by atomic mass is 9.78. The standard InChI is InChI=1S/C18H21BBrF3O3S/c1-11(24)27-10-13(19-25-16(2,3)17(4,5)26-19)8-12-6-7-15(20)14(9-12)18(21,22)23/h6-9H,10H2,1-5H3. The van der Waals surface area contributed by atoms with Crippen LogP contribution in [0.15, 0.2) is 28.1 Å². The van der Waals surface area contributed by atoms with Crippen LogP contribution in [-0.4, -0.2) is 29.2 Å². The zero-order chi connectivity index (χ0) is 20.6. The summed E-state index contributed by atoms with van der Waals surface area (Å²) in [6.45, 7) is 9.01. The van der Waals surface area contributed by atoms with Gasteiger partial charge >= 0.3 is 13.3 Å². The summed E-state index contributed by atoms with van der Waals surface area (Å²) in [4.78, 5) is 11.4. The maximum atomic E-state index is 13.2. The van der Waals surface area contributed by atoms with E-state index in [9.17, 15) is 18.0 Å². The average Bonchev–Trinajstić information content (AvgIpc) is 2.72. The molecule has 1 saturated heterocycles. The maximum absolute atomic E-state index is 13.2. The molecule has 0 radical (unpaired) electrons. The van der Waals surface area contributed by atoms with Gasteiger partial charge in [0.1, 0.15) is 0 Å². The van der Waals surface area contributed by atoms with Gasteiger partial charge in [0.25, 0.3) is 0 Å². The smallest absolute Gasteiger partial charge is 0.400 e. The predicted octanol–water partition coefficient (Wildman–Crippen LogP) is 5.76. The van der Waals surface area contributed by atoms with Crippen LogP contribution < -0.4 is 0 Å². The number of hydrogen-bond donors (Lipinski definition) is 0. The van der Waals surface area contributed by atoms with E-state index >= 15 is 0 Å². The highest BCUT2D eigenvalue weighted by Crippen LogP contribution is 2.40. The molecular weight excluding hydrogens is 444 g/mol. The maximum Gasteiger partial charge on any atom is 0.491 e. The zero-order valence-electron chi connectivity index (χ0n) is 15.7. The molecule has 1 aliphatic rings. The average molecular weight is 465 g/mol. The summed E-state index contributed by atoms with van der Waals surface area (Å²) in [6.07, 6.45) is -2.87. The minimum atomic E-state index is -4.47. The van der Waals surface area contributed by atoms with Crippen LogP contribution in [0, 0.1) is 0 Å². The van der Waals surface area contributed by atoms with Crippen LogP contribution in [0.3, 0.4) is 0 Å². The molecule has 3 nitrogen and oxygen atoms in total. The molecule has 9 heteroatoms. The van der Waals surface area contributed by atoms with Crippen molar-refractivity contribution in [2.24, 2.45) is 0 Å². The third-order valence-electron chi connectivity index (χ3n) is 4.65. The van der Waals surface area contributed by atoms with E-state index in [2.05, 4.69) is 15.9 Å². The molecular formula is C18H21BBrF3O3S. The summed E-state index contributed by atoms with van der Waals surface area (Å²) < 4.78 is 51.5. The van der Waals surface area contributed by atoms with Crippen LogP contribution in [0.2, 0.25) is 0 Å². The molecule has 27 heavy (non-hydrogen) atoms. The first-order valence-corrected chi connectivity index (χ1v) is 10.1. The van der Waals surface area contributed by atoms with Gasteiger partial charge in [-0.25, -0.2) is 0 Å². The van der Waals surface area contributed by atoms with Crippen LogP contribution in [-0.2, 0) is 20.3 Å². The van der Waals surface area contributed by atoms with Gasteiger partial charge in [0, 0.05) is 17.1 Å². The number of rotatable bonds is 4. The van der Waals surface area contributed by atoms with Crippen LogP contribution >= 0.6 is 27.7 Å². The van der Waals surface area contributed by atoms with Crippen molar-refractivity contribution in [3.05, 3.63) is 39.3 Å². The molecule has 1 aromatic carbocycles. The monoisotopic (exact) mass is 464 g/mol. The summed E-state index contributed by atoms with van der Waals surface area (Å²) in [7, 11) is -0.736. The Kier molecular flexibility index (Phi) is 6.61. The molecule has 0 N–H and O–H groups in total. The first kappa shape index (κ1) is 22.5. The third-order valence-corrected chi connectivity index (χ3v) is 6.22. The van der Waals surface area contributed by atoms with E-state index in [1.54, 1.807) is 12.1 Å². The fourth-order valence-electron chi connectivity index (χ4n) is 2.42. The fourth-order valence-corrected chi connectivity index (χ4v) is 3.48. The number of hydrogen-bond acceptors (Lipinski definition) is 4. The minimum absolute atomic E-state index is 0.0255. The highest BCUT2D eigenvalue weighted by Gasteiger charge is 2.52. The van der Waals surface area contributed by atoms with E-state index in [1.807, 2.05) is 27.7 Å². The van der Waals surface area contributed by atoms with Crippen molar-refractivity contribution >= 4 is 46.0 Å². The van der Waals surface area contributed by atoms with Crippen molar-refractivity contribution < 1.29 is 27.3 Å². The van der Waals surface area contributed by atoms with E-state index in [0.717, 1.165) is 17.8 Å². The molecule has 0 aromatic heterocycles. The molecule has 0 spiro atoms. The second-order valence-electron chi connectivity index (χ2n) is 7.32. The van der Waals surface area contributed by atoms with Gasteiger partial charge in [0.15, 0.2) is 5.12 Å². The number of halogens is 4. The Morgan fingerprint density at radius 2 is 1.78 bits per heavy atom. The number of thioether (sulfide) groups is 1. The van der Waals surface area contributed by atoms with Gasteiger partial charge in [-0.3, -0.25) is 4.79 Å². The summed E-state index contributed by atoms with van der Waals surface area (Å²) in [5, 5.41) is -0.0933. The lowest BCUT2D eigenvalue weighted by molar-refractivity contribution is -0.138. The van der Waals surface area contributed by atoms with Crippen molar-refractivity contribution in [2.75, 3.05) is 5.75 Å². The molecule has 0 aliphatic carbocycles. The van der Waals surface area contributed by atoms with Crippen molar-refractivity contribution in [3.8, 4) is 0 Å². The number of carbonyl (C=O) groups excluding carboxylic acids is 1. The molecule has 148 valence electrons. The summed E-state index contributed by atoms with van der Waals surface area (Å²) in [5.41, 5.74) is -0.976. The number of benzene rings is 1. The summed E-state index contributed by atoms with van der Waals surface area (Å²) >= 11 is 4.00. The largest absolute Gasteiger partial charge is 0.491 e. The van der Waals surface area contributed by atoms with Crippen LogP contribution in [0.1, 0.15) is 45.7 Å². The van der Waals surface area contributed by atoms with E-state index in [0.29, 0.717) is 11.0 Å². The third kappa shape index (κ3) is 5.40. The fraction of sp³-hybridized carbons (Fsp3) is 0.500. The van der Waals surface area contributed by atoms with Gasteiger partial charge in [0.2, 0.25) is 0 Å². The van der Waals surface area contributed by atoms with E-state index in [4.69, 9.17) is 9.31 Å². The lowest BCUT2D eigenvalue weighted by Gasteiger charge is -2.32. The minimum Gasteiger partial charge on any atom is -0.400 e. The van der Waals surface area contributed by atoms with Crippen molar-refractivity contribution in [1.29, 1.82) is 0 Å². The summed E-state index contributed by atoms with van der Waals surface area (Å²) in [5.74, 6) is 0.267. The Labute approximate surface area is 170 Å². The van der Waals surface area contributed by atoms with Crippen LogP contribution in [0.4, 0.5) is 13.2 Å². The second kappa shape index (κ2) is 7.93. The molecule has 0 atom stereocenters. The van der Waals surface area contributed by atoms with Crippen LogP contribution in [0.25, 0.3) is 6.08 Å². The Balaban J connectivity index is 2.42. The van der Waals surface area contributed by atoms with Crippen molar-refractivity contribution in [2.45, 2.75) is 52.0 Å². The van der Waals surface area contributed by atoms with E-state index in [1.165, 1.54) is 13.0 Å². The number of carbonyl (C=O) groups is 1. The molecule has 1 fully saturated rings. The van der Waals surface area contributed by atoms with Gasteiger partial charge in [-0.1, -0.05) is 39.8 Å². The van der Waals surface area contributed by atoms with Crippen molar-refractivity contribution in [3.63, 3.8) is 0 Å². The quantitative estimate of drug-likeness (QED) is 0.530. The van der Waals surface area contributed by atoms with E-state index in [-0.39, 0.29) is 15.3 Å². The number of alkyl halides is 3. The van der Waals surface area contributed by atoms with Crippen LogP contribution in [0.5, 0.6) is 0 Å². The Bertz CT molecular complexity index is 747. The molecule has 1 heterocycles. The molecule has 2 rings (SSSR count). The Morgan fingerprint density at radius 3 is 2.26 bits per heavy atom. The zero-order valence-corrected chi connectivity index (χ0v) is 18.1. The van der Waals surface area contributed by atoms with Gasteiger partial charge in [-0.05, 0) is 50.9 Å². The normalized spacial score (nSPS) is 19.4. The van der Waals surface area contributed by atoms with Gasteiger partial charge in [-0.15, -0.1) is 0 Å². The SMILES string of the molecule is CC(=O)SCC(=Cc1ccc(Br)c(C(F)(F)F)c1)B1OC(C)(C)C(C)(C)O1. The topological polar surface area (TPSA) is 35.5 Å². The summed E-state index contributed by atoms with van der Waals surface area (Å²) in [6, 6.07) is 3.99. The van der Waals surface area contributed by atoms with Gasteiger partial charge < -0.3 is 9.31 Å². The Hall–Kier alpha value is -0.765. The first-order valence-electron chi connectivity index (χ1n) is 8.29. The molecule has 0 amide bonds. The predicted molar refractivity (Wildman–Crippen MR) is 106 cm³/mol. The lowest BCUT2D eigenvalue weighted by Crippen LogP contribution is -2.41. The van der Waals surface area contributed by atoms with Gasteiger partial charge in [-0.2, -0.15) is 13.2 Å². The first-order chi connectivity index (χ1) is 12.2. The highest BCUT2D eigenvalue weighted by atomic mass is 79.9. The Morgan fingerprint density at radius 1 is 1.22 bits per heavy atom. The molecule has 0 unspecified atom stereocenters. The molecule has 0 saturated carbocycles. The second-order valence-corrected chi connectivity index (χ2v) is 9.33. The molecule has 1 aromatic rings. The van der Waals surface area contributed by atoms with Crippen molar-refractivity contribution in [1.82, 2.24) is 0 Å².